The van der Waals surface area contributed by atoms with Crippen LogP contribution in [0.4, 0.5) is 0 Å². The number of hydrogen-bond acceptors (Lipinski definition) is 1. The topological polar surface area (TPSA) is 12.0 Å². The largest absolute Gasteiger partial charge is 0.316 e. The summed E-state index contributed by atoms with van der Waals surface area (Å²) in [5, 5.41) is 3.57. The molecule has 0 heterocycles. The van der Waals surface area contributed by atoms with Crippen molar-refractivity contribution in [1.29, 1.82) is 0 Å². The second-order valence-electron chi connectivity index (χ2n) is 5.17. The van der Waals surface area contributed by atoms with Gasteiger partial charge in [-0.3, -0.25) is 0 Å². The van der Waals surface area contributed by atoms with Crippen molar-refractivity contribution in [3.05, 3.63) is 0 Å². The summed E-state index contributed by atoms with van der Waals surface area (Å²) in [6, 6.07) is 0. The Balaban J connectivity index is 1.58. The SMILES string of the molecule is CC(C)CNCC1CC12CCC2. The molecule has 0 saturated heterocycles. The maximum Gasteiger partial charge on any atom is -0.00149 e. The van der Waals surface area contributed by atoms with Gasteiger partial charge in [-0.1, -0.05) is 20.3 Å². The molecule has 0 aromatic heterocycles. The lowest BCUT2D eigenvalue weighted by Gasteiger charge is -2.26. The highest BCUT2D eigenvalue weighted by atomic mass is 14.9. The Kier molecular flexibility index (Phi) is 2.16. The fraction of sp³-hybridized carbons (Fsp3) is 1.00. The zero-order chi connectivity index (χ0) is 8.60. The highest BCUT2D eigenvalue weighted by molar-refractivity contribution is 5.07. The summed E-state index contributed by atoms with van der Waals surface area (Å²) < 4.78 is 0. The third-order valence-electron chi connectivity index (χ3n) is 3.65. The summed E-state index contributed by atoms with van der Waals surface area (Å²) in [5.74, 6) is 1.85. The fourth-order valence-corrected chi connectivity index (χ4v) is 2.51. The van der Waals surface area contributed by atoms with Crippen LogP contribution in [-0.2, 0) is 0 Å². The first-order chi connectivity index (χ1) is 5.73. The molecule has 2 saturated carbocycles. The second-order valence-corrected chi connectivity index (χ2v) is 5.17. The summed E-state index contributed by atoms with van der Waals surface area (Å²) in [7, 11) is 0. The van der Waals surface area contributed by atoms with Crippen LogP contribution in [0.2, 0.25) is 0 Å². The van der Waals surface area contributed by atoms with Crippen molar-refractivity contribution < 1.29 is 0 Å². The molecule has 70 valence electrons. The molecule has 2 aliphatic carbocycles. The first kappa shape index (κ1) is 8.55. The van der Waals surface area contributed by atoms with Gasteiger partial charge in [-0.05, 0) is 49.6 Å². The molecule has 1 spiro atoms. The van der Waals surface area contributed by atoms with E-state index in [1.54, 1.807) is 0 Å². The van der Waals surface area contributed by atoms with Crippen LogP contribution in [0.5, 0.6) is 0 Å². The van der Waals surface area contributed by atoms with Gasteiger partial charge in [-0.15, -0.1) is 0 Å². The maximum atomic E-state index is 3.57. The lowest BCUT2D eigenvalue weighted by molar-refractivity contribution is 0.255. The van der Waals surface area contributed by atoms with Gasteiger partial charge in [0.1, 0.15) is 0 Å². The van der Waals surface area contributed by atoms with E-state index in [1.807, 2.05) is 0 Å². The second kappa shape index (κ2) is 3.02. The van der Waals surface area contributed by atoms with E-state index < -0.39 is 0 Å². The van der Waals surface area contributed by atoms with Crippen LogP contribution >= 0.6 is 0 Å². The van der Waals surface area contributed by atoms with Gasteiger partial charge in [0.05, 0.1) is 0 Å². The molecule has 0 amide bonds. The summed E-state index contributed by atoms with van der Waals surface area (Å²) in [4.78, 5) is 0. The third kappa shape index (κ3) is 1.52. The summed E-state index contributed by atoms with van der Waals surface area (Å²) in [6.07, 6.45) is 6.08. The van der Waals surface area contributed by atoms with Crippen molar-refractivity contribution >= 4 is 0 Å². The number of nitrogens with one attached hydrogen (secondary N) is 1. The van der Waals surface area contributed by atoms with E-state index in [1.165, 1.54) is 38.8 Å². The van der Waals surface area contributed by atoms with Gasteiger partial charge in [0, 0.05) is 0 Å². The van der Waals surface area contributed by atoms with Crippen LogP contribution in [0.3, 0.4) is 0 Å². The molecule has 0 bridgehead atoms. The van der Waals surface area contributed by atoms with E-state index in [9.17, 15) is 0 Å². The summed E-state index contributed by atoms with van der Waals surface area (Å²) in [5.41, 5.74) is 0.865. The molecular weight excluding hydrogens is 146 g/mol. The molecule has 0 radical (unpaired) electrons. The molecule has 0 aliphatic heterocycles. The van der Waals surface area contributed by atoms with Gasteiger partial charge >= 0.3 is 0 Å². The van der Waals surface area contributed by atoms with Crippen LogP contribution in [0, 0.1) is 17.3 Å². The van der Waals surface area contributed by atoms with E-state index in [-0.39, 0.29) is 0 Å². The van der Waals surface area contributed by atoms with E-state index >= 15 is 0 Å². The molecule has 1 N–H and O–H groups in total. The predicted octanol–water partition coefficient (Wildman–Crippen LogP) is 2.42. The molecule has 1 nitrogen and oxygen atoms in total. The van der Waals surface area contributed by atoms with Gasteiger partial charge < -0.3 is 5.32 Å². The van der Waals surface area contributed by atoms with Crippen molar-refractivity contribution in [3.63, 3.8) is 0 Å². The molecule has 1 heteroatoms. The predicted molar refractivity (Wildman–Crippen MR) is 52.1 cm³/mol. The van der Waals surface area contributed by atoms with Crippen LogP contribution in [0.25, 0.3) is 0 Å². The Hall–Kier alpha value is -0.0400. The molecule has 2 rings (SSSR count). The minimum Gasteiger partial charge on any atom is -0.316 e. The van der Waals surface area contributed by atoms with Gasteiger partial charge in [-0.25, -0.2) is 0 Å². The molecular formula is C11H21N. The zero-order valence-electron chi connectivity index (χ0n) is 8.40. The van der Waals surface area contributed by atoms with Gasteiger partial charge in [0.15, 0.2) is 0 Å². The number of rotatable bonds is 4. The average molecular weight is 167 g/mol. The minimum atomic E-state index is 0.807. The minimum absolute atomic E-state index is 0.807. The lowest BCUT2D eigenvalue weighted by atomic mass is 9.80. The monoisotopic (exact) mass is 167 g/mol. The highest BCUT2D eigenvalue weighted by Crippen LogP contribution is 2.65. The maximum absolute atomic E-state index is 3.57. The highest BCUT2D eigenvalue weighted by Gasteiger charge is 2.56. The smallest absolute Gasteiger partial charge is 0.00149 e. The molecule has 0 aromatic carbocycles. The zero-order valence-corrected chi connectivity index (χ0v) is 8.40. The van der Waals surface area contributed by atoms with E-state index in [0.717, 1.165) is 17.3 Å². The van der Waals surface area contributed by atoms with Gasteiger partial charge in [-0.2, -0.15) is 0 Å². The molecule has 2 fully saturated rings. The average Bonchev–Trinajstić information content (AvgIpc) is 2.60. The third-order valence-corrected chi connectivity index (χ3v) is 3.65. The number of hydrogen-bond donors (Lipinski definition) is 1. The summed E-state index contributed by atoms with van der Waals surface area (Å²) >= 11 is 0. The van der Waals surface area contributed by atoms with Crippen LogP contribution in [0.15, 0.2) is 0 Å². The van der Waals surface area contributed by atoms with E-state index in [4.69, 9.17) is 0 Å². The quantitative estimate of drug-likeness (QED) is 0.678. The molecule has 0 aromatic rings. The molecule has 1 atom stereocenters. The van der Waals surface area contributed by atoms with E-state index in [0.29, 0.717) is 0 Å². The van der Waals surface area contributed by atoms with Crippen LogP contribution < -0.4 is 5.32 Å². The normalized spacial score (nSPS) is 30.8. The van der Waals surface area contributed by atoms with Crippen molar-refractivity contribution in [2.45, 2.75) is 39.5 Å². The Bertz CT molecular complexity index is 158. The Morgan fingerprint density at radius 2 is 2.17 bits per heavy atom. The molecule has 2 aliphatic rings. The van der Waals surface area contributed by atoms with Crippen molar-refractivity contribution in [2.75, 3.05) is 13.1 Å². The standard InChI is InChI=1S/C11H21N/c1-9(2)7-12-8-10-6-11(10)4-3-5-11/h9-10,12H,3-8H2,1-2H3. The Morgan fingerprint density at radius 1 is 1.42 bits per heavy atom. The molecule has 12 heavy (non-hydrogen) atoms. The first-order valence-corrected chi connectivity index (χ1v) is 5.44. The van der Waals surface area contributed by atoms with Crippen molar-refractivity contribution in [1.82, 2.24) is 5.32 Å². The van der Waals surface area contributed by atoms with Crippen LogP contribution in [0.1, 0.15) is 39.5 Å². The van der Waals surface area contributed by atoms with Crippen LogP contribution in [-0.4, -0.2) is 13.1 Å². The first-order valence-electron chi connectivity index (χ1n) is 5.44. The van der Waals surface area contributed by atoms with Crippen molar-refractivity contribution in [2.24, 2.45) is 17.3 Å². The van der Waals surface area contributed by atoms with Gasteiger partial charge in [0.2, 0.25) is 0 Å². The van der Waals surface area contributed by atoms with E-state index in [2.05, 4.69) is 19.2 Å². The fourth-order valence-electron chi connectivity index (χ4n) is 2.51. The van der Waals surface area contributed by atoms with Gasteiger partial charge in [0.25, 0.3) is 0 Å². The molecule has 1 unspecified atom stereocenters. The lowest BCUT2D eigenvalue weighted by Crippen LogP contribution is -2.25. The Labute approximate surface area is 75.9 Å². The van der Waals surface area contributed by atoms with Crippen molar-refractivity contribution in [3.8, 4) is 0 Å². The Morgan fingerprint density at radius 3 is 2.58 bits per heavy atom. The summed E-state index contributed by atoms with van der Waals surface area (Å²) in [6.45, 7) is 7.04.